The number of rotatable bonds is 12. The van der Waals surface area contributed by atoms with Gasteiger partial charge in [0.05, 0.1) is 12.6 Å². The van der Waals surface area contributed by atoms with Gasteiger partial charge in [-0.2, -0.15) is 0 Å². The Bertz CT molecular complexity index is 309. The van der Waals surface area contributed by atoms with Crippen LogP contribution in [0.25, 0.3) is 0 Å². The van der Waals surface area contributed by atoms with Crippen LogP contribution >= 0.6 is 16.8 Å². The van der Waals surface area contributed by atoms with Gasteiger partial charge in [-0.1, -0.05) is 6.92 Å². The molecule has 0 radical (unpaired) electrons. The zero-order valence-electron chi connectivity index (χ0n) is 13.3. The molecule has 0 aromatic rings. The third kappa shape index (κ3) is 12.6. The van der Waals surface area contributed by atoms with E-state index in [9.17, 15) is 4.79 Å². The van der Waals surface area contributed by atoms with E-state index in [4.69, 9.17) is 25.3 Å². The molecule has 0 fully saturated rings. The molecule has 1 unspecified atom stereocenters. The molecule has 7 N–H and O–H groups in total. The largest absolute Gasteiger partial charge is 0.356 e. The lowest BCUT2D eigenvalue weighted by Crippen LogP contribution is -2.39. The first kappa shape index (κ1) is 22.1. The van der Waals surface area contributed by atoms with Crippen molar-refractivity contribution in [3.63, 3.8) is 0 Å². The molecule has 0 spiro atoms. The zero-order chi connectivity index (χ0) is 17.2. The number of hydrogen-bond acceptors (Lipinski definition) is 7. The van der Waals surface area contributed by atoms with Crippen LogP contribution in [0.15, 0.2) is 0 Å². The highest BCUT2D eigenvalue weighted by molar-refractivity contribution is 7.46. The molecule has 0 aromatic carbocycles. The summed E-state index contributed by atoms with van der Waals surface area (Å²) in [7, 11) is -4.25. The van der Waals surface area contributed by atoms with Crippen LogP contribution in [0.3, 0.4) is 0 Å². The van der Waals surface area contributed by atoms with Crippen LogP contribution in [-0.4, -0.2) is 61.6 Å². The van der Waals surface area contributed by atoms with Crippen LogP contribution in [-0.2, 0) is 4.79 Å². The van der Waals surface area contributed by atoms with Gasteiger partial charge < -0.3 is 30.6 Å². The maximum absolute atomic E-state index is 11.7. The van der Waals surface area contributed by atoms with E-state index in [1.807, 2.05) is 13.8 Å². The van der Waals surface area contributed by atoms with E-state index in [0.29, 0.717) is 32.4 Å². The minimum absolute atomic E-state index is 0.0149. The van der Waals surface area contributed by atoms with Crippen molar-refractivity contribution in [2.45, 2.75) is 45.1 Å². The van der Waals surface area contributed by atoms with E-state index in [-0.39, 0.29) is 24.0 Å². The van der Waals surface area contributed by atoms with Crippen molar-refractivity contribution in [1.82, 2.24) is 10.2 Å². The topological polar surface area (TPSA) is 139 Å². The second kappa shape index (κ2) is 11.6. The van der Waals surface area contributed by atoms with Gasteiger partial charge in [0.2, 0.25) is 5.91 Å². The Kier molecular flexibility index (Phi) is 11.6. The monoisotopic (exact) mass is 357 g/mol. The van der Waals surface area contributed by atoms with Crippen molar-refractivity contribution in [3.05, 3.63) is 0 Å². The Balaban J connectivity index is 3.92. The van der Waals surface area contributed by atoms with E-state index in [0.717, 1.165) is 6.42 Å². The summed E-state index contributed by atoms with van der Waals surface area (Å²) in [5, 5.41) is 2.80. The Hall–Kier alpha value is 0.0900. The third-order valence-corrected chi connectivity index (χ3v) is 4.66. The normalized spacial score (nSPS) is 14.6. The highest BCUT2D eigenvalue weighted by Gasteiger charge is 2.16. The van der Waals surface area contributed by atoms with E-state index in [1.54, 1.807) is 4.90 Å². The maximum atomic E-state index is 11.7. The van der Waals surface area contributed by atoms with Gasteiger partial charge in [0, 0.05) is 18.5 Å². The molecule has 0 saturated heterocycles. The van der Waals surface area contributed by atoms with Crippen molar-refractivity contribution < 1.29 is 24.4 Å². The summed E-state index contributed by atoms with van der Waals surface area (Å²) >= 11 is 0. The van der Waals surface area contributed by atoms with Gasteiger partial charge in [0.15, 0.2) is 16.8 Å². The van der Waals surface area contributed by atoms with Crippen molar-refractivity contribution in [2.75, 3.05) is 25.7 Å². The van der Waals surface area contributed by atoms with Crippen LogP contribution in [0.1, 0.15) is 39.5 Å². The van der Waals surface area contributed by atoms with Gasteiger partial charge in [-0.05, 0) is 32.7 Å². The van der Waals surface area contributed by atoms with Gasteiger partial charge in [-0.25, -0.2) is 0 Å². The first-order valence-electron chi connectivity index (χ1n) is 7.25. The highest BCUT2D eigenvalue weighted by Crippen LogP contribution is 2.30. The molecule has 22 heavy (non-hydrogen) atoms. The molecule has 1 amide bonds. The average Bonchev–Trinajstić information content (AvgIpc) is 2.37. The van der Waals surface area contributed by atoms with E-state index in [1.165, 1.54) is 0 Å². The zero-order valence-corrected chi connectivity index (χ0v) is 15.1. The lowest BCUT2D eigenvalue weighted by atomic mass is 9.96. The molecule has 10 heteroatoms. The number of nitrogens with one attached hydrogen (secondary N) is 1. The summed E-state index contributed by atoms with van der Waals surface area (Å²) in [4.78, 5) is 49.2. The number of nitrogens with two attached hydrogens (primary N) is 1. The molecule has 0 bridgehead atoms. The minimum Gasteiger partial charge on any atom is -0.356 e. The summed E-state index contributed by atoms with van der Waals surface area (Å²) < 4.78 is 0. The van der Waals surface area contributed by atoms with Gasteiger partial charge in [0.1, 0.15) is 0 Å². The van der Waals surface area contributed by atoms with E-state index >= 15 is 0 Å². The molecule has 0 rings (SSSR count). The first-order chi connectivity index (χ1) is 10.2. The van der Waals surface area contributed by atoms with Crippen LogP contribution in [0.4, 0.5) is 0 Å². The van der Waals surface area contributed by atoms with Crippen molar-refractivity contribution in [3.8, 4) is 0 Å². The summed E-state index contributed by atoms with van der Waals surface area (Å²) in [5.41, 5.74) is 5.71. The summed E-state index contributed by atoms with van der Waals surface area (Å²) in [6, 6.07) is 0. The fraction of sp³-hybridized carbons (Fsp3) is 0.917. The number of carbonyl (C=O) groups excluding carboxylic acids is 1. The van der Waals surface area contributed by atoms with E-state index in [2.05, 4.69) is 5.32 Å². The van der Waals surface area contributed by atoms with Gasteiger partial charge in [0.25, 0.3) is 0 Å². The first-order valence-corrected chi connectivity index (χ1v) is 10.1. The molecular formula is C12H29N3O5P2. The Morgan fingerprint density at radius 1 is 1.23 bits per heavy atom. The second-order valence-corrected chi connectivity index (χ2v) is 7.69. The number of hydrogen-bond donors (Lipinski definition) is 6. The number of nitrogens with zero attached hydrogens (tertiary/aromatic N) is 1. The van der Waals surface area contributed by atoms with Gasteiger partial charge in [-0.3, -0.25) is 9.69 Å². The molecule has 132 valence electrons. The highest BCUT2D eigenvalue weighted by atomic mass is 31.2. The lowest BCUT2D eigenvalue weighted by Gasteiger charge is -2.23. The van der Waals surface area contributed by atoms with Crippen LogP contribution in [0, 0.1) is 0 Å². The molecule has 0 aliphatic rings. The minimum atomic E-state index is -2.13. The molecule has 0 aliphatic carbocycles. The quantitative estimate of drug-likeness (QED) is 0.274. The molecule has 0 aromatic heterocycles. The third-order valence-electron chi connectivity index (χ3n) is 3.36. The van der Waals surface area contributed by atoms with Crippen LogP contribution < -0.4 is 11.1 Å². The molecular weight excluding hydrogens is 328 g/mol. The van der Waals surface area contributed by atoms with Crippen molar-refractivity contribution >= 4 is 22.7 Å². The van der Waals surface area contributed by atoms with Crippen LogP contribution in [0.2, 0.25) is 0 Å². The van der Waals surface area contributed by atoms with Gasteiger partial charge in [-0.15, -0.1) is 0 Å². The lowest BCUT2D eigenvalue weighted by molar-refractivity contribution is -0.121. The number of amides is 1. The van der Waals surface area contributed by atoms with Gasteiger partial charge >= 0.3 is 0 Å². The predicted molar refractivity (Wildman–Crippen MR) is 88.9 cm³/mol. The SMILES string of the molecule is CCC(C)(N)CCNC(=O)CCCN(CP(O)O)CP(O)O. The molecule has 0 saturated carbocycles. The van der Waals surface area contributed by atoms with Crippen molar-refractivity contribution in [2.24, 2.45) is 5.73 Å². The maximum Gasteiger partial charge on any atom is 0.220 e. The average molecular weight is 357 g/mol. The Morgan fingerprint density at radius 2 is 1.77 bits per heavy atom. The fourth-order valence-electron chi connectivity index (χ4n) is 1.76. The Labute approximate surface area is 134 Å². The summed E-state index contributed by atoms with van der Waals surface area (Å²) in [6.45, 7) is 4.88. The summed E-state index contributed by atoms with van der Waals surface area (Å²) in [6.07, 6.45) is 2.33. The second-order valence-electron chi connectivity index (χ2n) is 5.63. The standard InChI is InChI=1S/C12H29N3O5P2/c1-3-12(2,13)6-7-14-11(16)5-4-8-15(9-21(17)18)10-22(19)20/h17-20H,3-10,13H2,1-2H3,(H,14,16). The van der Waals surface area contributed by atoms with E-state index < -0.39 is 16.8 Å². The van der Waals surface area contributed by atoms with Crippen molar-refractivity contribution in [1.29, 1.82) is 0 Å². The molecule has 0 heterocycles. The predicted octanol–water partition coefficient (Wildman–Crippen LogP) is 0.210. The molecule has 8 nitrogen and oxygen atoms in total. The Morgan fingerprint density at radius 3 is 2.23 bits per heavy atom. The molecule has 1 atom stereocenters. The fourth-order valence-corrected chi connectivity index (χ4v) is 3.12. The van der Waals surface area contributed by atoms with Crippen LogP contribution in [0.5, 0.6) is 0 Å². The summed E-state index contributed by atoms with van der Waals surface area (Å²) in [5.74, 6) is -0.0858. The molecule has 0 aliphatic heterocycles. The number of carbonyl (C=O) groups is 1. The smallest absolute Gasteiger partial charge is 0.220 e.